The minimum atomic E-state index is -0.132. The lowest BCUT2D eigenvalue weighted by molar-refractivity contribution is 0.660. The summed E-state index contributed by atoms with van der Waals surface area (Å²) in [6, 6.07) is 74.2. The molecule has 1 aliphatic carbocycles. The Morgan fingerprint density at radius 3 is 1.65 bits per heavy atom. The molecule has 0 radical (unpaired) electrons. The van der Waals surface area contributed by atoms with Crippen LogP contribution in [-0.4, -0.2) is 4.98 Å². The molecule has 2 heterocycles. The van der Waals surface area contributed by atoms with Crippen molar-refractivity contribution in [3.8, 4) is 55.1 Å². The minimum Gasteiger partial charge on any atom is -0.455 e. The first-order valence-electron chi connectivity index (χ1n) is 21.2. The van der Waals surface area contributed by atoms with Gasteiger partial charge in [0.25, 0.3) is 0 Å². The molecule has 62 heavy (non-hydrogen) atoms. The van der Waals surface area contributed by atoms with Crippen molar-refractivity contribution < 1.29 is 4.42 Å². The summed E-state index contributed by atoms with van der Waals surface area (Å²) in [5.41, 5.74) is 19.2. The van der Waals surface area contributed by atoms with Gasteiger partial charge >= 0.3 is 0 Å². The first-order valence-corrected chi connectivity index (χ1v) is 22.0. The Morgan fingerprint density at radius 1 is 0.419 bits per heavy atom. The van der Waals surface area contributed by atoms with E-state index < -0.39 is 0 Å². The summed E-state index contributed by atoms with van der Waals surface area (Å²) in [6.45, 7) is 4.69. The SMILES string of the molecule is CC1(C)c2ccccc2-c2ccc(N(c3ccc(-c4cccc5c4oc4c(-c6ccccc6)cccc45)cc3)c3ccc4sc(-c5ccc(-c6ccccc6)cc5)nc4c3)cc21. The first-order chi connectivity index (χ1) is 30.5. The minimum absolute atomic E-state index is 0.132. The smallest absolute Gasteiger partial charge is 0.143 e. The number of rotatable bonds is 7. The van der Waals surface area contributed by atoms with E-state index in [2.05, 4.69) is 225 Å². The molecule has 0 N–H and O–H groups in total. The topological polar surface area (TPSA) is 29.3 Å². The molecule has 2 aromatic heterocycles. The molecule has 0 spiro atoms. The predicted molar refractivity (Wildman–Crippen MR) is 261 cm³/mol. The van der Waals surface area contributed by atoms with Crippen molar-refractivity contribution in [2.75, 3.05) is 4.90 Å². The van der Waals surface area contributed by atoms with Crippen molar-refractivity contribution in [3.63, 3.8) is 0 Å². The van der Waals surface area contributed by atoms with E-state index in [0.717, 1.165) is 82.0 Å². The third-order valence-corrected chi connectivity index (χ3v) is 13.8. The quantitative estimate of drug-likeness (QED) is 0.161. The van der Waals surface area contributed by atoms with Gasteiger partial charge in [0.15, 0.2) is 0 Å². The Morgan fingerprint density at radius 2 is 0.935 bits per heavy atom. The molecule has 0 unspecified atom stereocenters. The molecule has 0 fully saturated rings. The molecule has 1 aliphatic rings. The van der Waals surface area contributed by atoms with Crippen LogP contribution in [0.15, 0.2) is 211 Å². The molecule has 4 heteroatoms. The highest BCUT2D eigenvalue weighted by Gasteiger charge is 2.35. The van der Waals surface area contributed by atoms with Gasteiger partial charge in [-0.2, -0.15) is 0 Å². The van der Waals surface area contributed by atoms with E-state index in [0.29, 0.717) is 0 Å². The second kappa shape index (κ2) is 14.3. The van der Waals surface area contributed by atoms with Crippen molar-refractivity contribution in [1.82, 2.24) is 4.98 Å². The highest BCUT2D eigenvalue weighted by molar-refractivity contribution is 7.21. The standard InChI is InChI=1S/C58H40N2OS/c1-58(2)51-22-10-9-17-47(51)48-33-31-43(35-52(48)58)60(44-32-34-54-53(36-44)59-57(62-54)41-25-23-38(24-26-41)37-13-5-3-6-14-37)42-29-27-40(28-30-42)46-19-12-21-50-49-20-11-18-45(55(49)61-56(46)50)39-15-7-4-8-16-39/h3-36H,1-2H3. The van der Waals surface area contributed by atoms with E-state index in [9.17, 15) is 0 Å². The van der Waals surface area contributed by atoms with Crippen LogP contribution < -0.4 is 4.90 Å². The highest BCUT2D eigenvalue weighted by atomic mass is 32.1. The normalized spacial score (nSPS) is 12.8. The number of hydrogen-bond acceptors (Lipinski definition) is 4. The Balaban J connectivity index is 0.957. The zero-order valence-corrected chi connectivity index (χ0v) is 35.2. The van der Waals surface area contributed by atoms with Crippen LogP contribution in [0.2, 0.25) is 0 Å². The average molecular weight is 813 g/mol. The van der Waals surface area contributed by atoms with E-state index in [4.69, 9.17) is 9.40 Å². The number of aromatic nitrogens is 1. The highest BCUT2D eigenvalue weighted by Crippen LogP contribution is 2.51. The van der Waals surface area contributed by atoms with Crippen LogP contribution in [-0.2, 0) is 5.41 Å². The van der Waals surface area contributed by atoms with Gasteiger partial charge in [0.2, 0.25) is 0 Å². The lowest BCUT2D eigenvalue weighted by atomic mass is 9.82. The monoisotopic (exact) mass is 812 g/mol. The summed E-state index contributed by atoms with van der Waals surface area (Å²) in [6.07, 6.45) is 0. The average Bonchev–Trinajstić information content (AvgIpc) is 4.00. The van der Waals surface area contributed by atoms with E-state index in [1.54, 1.807) is 11.3 Å². The number of benzene rings is 9. The van der Waals surface area contributed by atoms with Gasteiger partial charge in [0.1, 0.15) is 16.2 Å². The van der Waals surface area contributed by atoms with Gasteiger partial charge in [0.05, 0.1) is 10.2 Å². The third kappa shape index (κ3) is 5.90. The lowest BCUT2D eigenvalue weighted by Crippen LogP contribution is -2.16. The molecular formula is C58H40N2OS. The molecule has 0 amide bonds. The summed E-state index contributed by atoms with van der Waals surface area (Å²) < 4.78 is 7.97. The second-order valence-corrected chi connectivity index (χ2v) is 17.8. The van der Waals surface area contributed by atoms with Gasteiger partial charge in [-0.1, -0.05) is 178 Å². The number of fused-ring (bicyclic) bond motifs is 7. The lowest BCUT2D eigenvalue weighted by Gasteiger charge is -2.28. The molecule has 0 aliphatic heterocycles. The Hall–Kier alpha value is -7.53. The van der Waals surface area contributed by atoms with Gasteiger partial charge < -0.3 is 9.32 Å². The Labute approximate surface area is 364 Å². The molecule has 0 bridgehead atoms. The molecule has 0 atom stereocenters. The maximum atomic E-state index is 6.81. The molecule has 3 nitrogen and oxygen atoms in total. The molecule has 11 aromatic rings. The largest absolute Gasteiger partial charge is 0.455 e. The fourth-order valence-corrected chi connectivity index (χ4v) is 10.5. The molecule has 12 rings (SSSR count). The van der Waals surface area contributed by atoms with Crippen LogP contribution in [0.25, 0.3) is 87.2 Å². The maximum absolute atomic E-state index is 6.81. The van der Waals surface area contributed by atoms with E-state index in [1.165, 1.54) is 33.4 Å². The van der Waals surface area contributed by atoms with Crippen LogP contribution >= 0.6 is 11.3 Å². The van der Waals surface area contributed by atoms with Crippen LogP contribution in [0.3, 0.4) is 0 Å². The fraction of sp³-hybridized carbons (Fsp3) is 0.0517. The number of anilines is 3. The first kappa shape index (κ1) is 36.3. The van der Waals surface area contributed by atoms with Gasteiger partial charge in [-0.05, 0) is 87.0 Å². The predicted octanol–water partition coefficient (Wildman–Crippen LogP) is 16.6. The van der Waals surface area contributed by atoms with Crippen LogP contribution in [0.1, 0.15) is 25.0 Å². The molecule has 294 valence electrons. The van der Waals surface area contributed by atoms with Crippen molar-refractivity contribution >= 4 is 60.6 Å². The van der Waals surface area contributed by atoms with Crippen molar-refractivity contribution in [2.45, 2.75) is 19.3 Å². The summed E-state index contributed by atoms with van der Waals surface area (Å²) in [4.78, 5) is 7.61. The second-order valence-electron chi connectivity index (χ2n) is 16.7. The van der Waals surface area contributed by atoms with Crippen LogP contribution in [0.5, 0.6) is 0 Å². The van der Waals surface area contributed by atoms with Crippen LogP contribution in [0.4, 0.5) is 17.1 Å². The Bertz CT molecular complexity index is 3470. The summed E-state index contributed by atoms with van der Waals surface area (Å²) in [5, 5.41) is 3.25. The number of para-hydroxylation sites is 2. The molecule has 0 saturated carbocycles. The molecular weight excluding hydrogens is 773 g/mol. The zero-order valence-electron chi connectivity index (χ0n) is 34.3. The van der Waals surface area contributed by atoms with Crippen molar-refractivity contribution in [3.05, 3.63) is 217 Å². The zero-order chi connectivity index (χ0) is 41.4. The van der Waals surface area contributed by atoms with Crippen molar-refractivity contribution in [1.29, 1.82) is 0 Å². The fourth-order valence-electron chi connectivity index (χ4n) is 9.58. The summed E-state index contributed by atoms with van der Waals surface area (Å²) >= 11 is 1.74. The van der Waals surface area contributed by atoms with Gasteiger partial charge in [-0.15, -0.1) is 11.3 Å². The molecule has 9 aromatic carbocycles. The van der Waals surface area contributed by atoms with Crippen molar-refractivity contribution in [2.24, 2.45) is 0 Å². The number of nitrogens with zero attached hydrogens (tertiary/aromatic N) is 2. The Kier molecular flexibility index (Phi) is 8.38. The maximum Gasteiger partial charge on any atom is 0.143 e. The van der Waals surface area contributed by atoms with E-state index in [-0.39, 0.29) is 5.41 Å². The number of hydrogen-bond donors (Lipinski definition) is 0. The van der Waals surface area contributed by atoms with E-state index in [1.807, 2.05) is 0 Å². The van der Waals surface area contributed by atoms with Gasteiger partial charge in [0, 0.05) is 49.9 Å². The van der Waals surface area contributed by atoms with Crippen LogP contribution in [0, 0.1) is 0 Å². The third-order valence-electron chi connectivity index (χ3n) is 12.7. The van der Waals surface area contributed by atoms with Gasteiger partial charge in [-0.3, -0.25) is 0 Å². The van der Waals surface area contributed by atoms with Gasteiger partial charge in [-0.25, -0.2) is 4.98 Å². The van der Waals surface area contributed by atoms with E-state index >= 15 is 0 Å². The summed E-state index contributed by atoms with van der Waals surface area (Å²) in [5.74, 6) is 0. The number of furan rings is 1. The number of thiazole rings is 1. The summed E-state index contributed by atoms with van der Waals surface area (Å²) in [7, 11) is 0. The molecule has 0 saturated heterocycles.